The molecule has 0 bridgehead atoms. The van der Waals surface area contributed by atoms with E-state index in [4.69, 9.17) is 0 Å². The van der Waals surface area contributed by atoms with E-state index in [9.17, 15) is 18.0 Å². The molecule has 2 amide bonds. The molecule has 0 aromatic rings. The molecule has 1 saturated carbocycles. The maximum absolute atomic E-state index is 11.5. The Morgan fingerprint density at radius 2 is 1.72 bits per heavy atom. The summed E-state index contributed by atoms with van der Waals surface area (Å²) in [6.07, 6.45) is 1.76. The van der Waals surface area contributed by atoms with E-state index in [-0.39, 0.29) is 35.8 Å². The van der Waals surface area contributed by atoms with Gasteiger partial charge in [0.15, 0.2) is 9.84 Å². The average Bonchev–Trinajstić information content (AvgIpc) is 3.13. The molecule has 0 atom stereocenters. The van der Waals surface area contributed by atoms with Gasteiger partial charge in [0.1, 0.15) is 0 Å². The van der Waals surface area contributed by atoms with Gasteiger partial charge < -0.3 is 0 Å². The molecule has 1 aliphatic heterocycles. The molecule has 0 aromatic heterocycles. The number of hydrogen-bond acceptors (Lipinski definition) is 5. The molecule has 2 N–H and O–H groups in total. The first-order chi connectivity index (χ1) is 8.46. The van der Waals surface area contributed by atoms with Crippen LogP contribution in [0.3, 0.4) is 0 Å². The molecule has 0 spiro atoms. The third-order valence-corrected chi connectivity index (χ3v) is 4.69. The van der Waals surface area contributed by atoms with Crippen molar-refractivity contribution in [3.8, 4) is 0 Å². The summed E-state index contributed by atoms with van der Waals surface area (Å²) in [6, 6.07) is 0. The highest BCUT2D eigenvalue weighted by molar-refractivity contribution is 7.91. The average molecular weight is 275 g/mol. The fourth-order valence-electron chi connectivity index (χ4n) is 1.73. The van der Waals surface area contributed by atoms with Crippen LogP contribution in [-0.2, 0) is 19.4 Å². The summed E-state index contributed by atoms with van der Waals surface area (Å²) >= 11 is 0. The maximum Gasteiger partial charge on any atom is 0.252 e. The van der Waals surface area contributed by atoms with Crippen LogP contribution < -0.4 is 10.9 Å². The third kappa shape index (κ3) is 3.95. The van der Waals surface area contributed by atoms with E-state index in [1.54, 1.807) is 4.90 Å². The number of nitrogens with zero attached hydrogens (tertiary/aromatic N) is 1. The van der Waals surface area contributed by atoms with Gasteiger partial charge >= 0.3 is 0 Å². The molecule has 8 heteroatoms. The molecule has 1 aliphatic carbocycles. The van der Waals surface area contributed by atoms with Gasteiger partial charge in [0.05, 0.1) is 18.1 Å². The normalized spacial score (nSPS) is 23.3. The Kier molecular flexibility index (Phi) is 3.86. The van der Waals surface area contributed by atoms with E-state index >= 15 is 0 Å². The van der Waals surface area contributed by atoms with Crippen LogP contribution in [-0.4, -0.2) is 56.3 Å². The Hall–Kier alpha value is -1.15. The van der Waals surface area contributed by atoms with Gasteiger partial charge in [-0.1, -0.05) is 0 Å². The zero-order valence-electron chi connectivity index (χ0n) is 10.0. The van der Waals surface area contributed by atoms with Gasteiger partial charge in [-0.05, 0) is 12.8 Å². The number of sulfone groups is 1. The fourth-order valence-corrected chi connectivity index (χ4v) is 3.01. The Morgan fingerprint density at radius 3 is 2.28 bits per heavy atom. The molecular formula is C10H17N3O4S. The Balaban J connectivity index is 1.66. The minimum atomic E-state index is -2.92. The second kappa shape index (κ2) is 5.23. The molecule has 2 fully saturated rings. The summed E-state index contributed by atoms with van der Waals surface area (Å²) in [5, 5.41) is 0. The van der Waals surface area contributed by atoms with E-state index in [0.29, 0.717) is 13.1 Å². The lowest BCUT2D eigenvalue weighted by molar-refractivity contribution is -0.130. The first-order valence-corrected chi connectivity index (χ1v) is 7.80. The second-order valence-corrected chi connectivity index (χ2v) is 7.04. The lowest BCUT2D eigenvalue weighted by Crippen LogP contribution is -2.49. The van der Waals surface area contributed by atoms with Crippen molar-refractivity contribution in [1.82, 2.24) is 15.8 Å². The van der Waals surface area contributed by atoms with Crippen LogP contribution in [0.25, 0.3) is 0 Å². The first-order valence-electron chi connectivity index (χ1n) is 5.98. The molecule has 0 aromatic carbocycles. The molecule has 2 aliphatic rings. The van der Waals surface area contributed by atoms with Crippen LogP contribution in [0.5, 0.6) is 0 Å². The topological polar surface area (TPSA) is 95.6 Å². The van der Waals surface area contributed by atoms with Gasteiger partial charge in [-0.25, -0.2) is 8.42 Å². The summed E-state index contributed by atoms with van der Waals surface area (Å²) in [7, 11) is -2.92. The fraction of sp³-hybridized carbons (Fsp3) is 0.800. The SMILES string of the molecule is O=C(CN1CCS(=O)(=O)CC1)NNC(=O)C1CC1. The van der Waals surface area contributed by atoms with Crippen LogP contribution in [0.1, 0.15) is 12.8 Å². The van der Waals surface area contributed by atoms with Crippen molar-refractivity contribution in [3.05, 3.63) is 0 Å². The maximum atomic E-state index is 11.5. The Bertz CT molecular complexity index is 430. The van der Waals surface area contributed by atoms with Crippen LogP contribution >= 0.6 is 0 Å². The third-order valence-electron chi connectivity index (χ3n) is 3.08. The van der Waals surface area contributed by atoms with Crippen molar-refractivity contribution in [2.24, 2.45) is 5.92 Å². The van der Waals surface area contributed by atoms with Crippen LogP contribution in [0.4, 0.5) is 0 Å². The number of rotatable bonds is 3. The van der Waals surface area contributed by atoms with Gasteiger partial charge in [0, 0.05) is 19.0 Å². The quantitative estimate of drug-likeness (QED) is 0.597. The van der Waals surface area contributed by atoms with E-state index in [1.165, 1.54) is 0 Å². The number of hydrogen-bond donors (Lipinski definition) is 2. The van der Waals surface area contributed by atoms with Crippen LogP contribution in [0, 0.1) is 5.92 Å². The van der Waals surface area contributed by atoms with Crippen molar-refractivity contribution < 1.29 is 18.0 Å². The molecule has 102 valence electrons. The molecule has 18 heavy (non-hydrogen) atoms. The van der Waals surface area contributed by atoms with E-state index < -0.39 is 9.84 Å². The zero-order chi connectivity index (χ0) is 13.2. The van der Waals surface area contributed by atoms with Crippen molar-refractivity contribution in [2.45, 2.75) is 12.8 Å². The number of hydrazine groups is 1. The summed E-state index contributed by atoms with van der Waals surface area (Å²) in [4.78, 5) is 24.5. The second-order valence-electron chi connectivity index (χ2n) is 4.74. The van der Waals surface area contributed by atoms with Gasteiger partial charge in [0.2, 0.25) is 5.91 Å². The van der Waals surface area contributed by atoms with Gasteiger partial charge in [-0.3, -0.25) is 25.3 Å². The van der Waals surface area contributed by atoms with Crippen LogP contribution in [0.2, 0.25) is 0 Å². The molecule has 7 nitrogen and oxygen atoms in total. The predicted octanol–water partition coefficient (Wildman–Crippen LogP) is -1.73. The molecule has 0 unspecified atom stereocenters. The summed E-state index contributed by atoms with van der Waals surface area (Å²) in [5.41, 5.74) is 4.71. The number of amides is 2. The minimum Gasteiger partial charge on any atom is -0.292 e. The van der Waals surface area contributed by atoms with Gasteiger partial charge in [0.25, 0.3) is 5.91 Å². The highest BCUT2D eigenvalue weighted by Gasteiger charge is 2.30. The number of carbonyl (C=O) groups is 2. The van der Waals surface area contributed by atoms with Crippen molar-refractivity contribution in [1.29, 1.82) is 0 Å². The molecular weight excluding hydrogens is 258 g/mol. The summed E-state index contributed by atoms with van der Waals surface area (Å²) in [6.45, 7) is 0.846. The lowest BCUT2D eigenvalue weighted by atomic mass is 10.4. The van der Waals surface area contributed by atoms with Crippen molar-refractivity contribution in [2.75, 3.05) is 31.1 Å². The zero-order valence-corrected chi connectivity index (χ0v) is 10.8. The Morgan fingerprint density at radius 1 is 1.11 bits per heavy atom. The van der Waals surface area contributed by atoms with Crippen LogP contribution in [0.15, 0.2) is 0 Å². The smallest absolute Gasteiger partial charge is 0.252 e. The molecule has 0 radical (unpaired) electrons. The monoisotopic (exact) mass is 275 g/mol. The number of nitrogens with one attached hydrogen (secondary N) is 2. The minimum absolute atomic E-state index is 0.0467. The summed E-state index contributed by atoms with van der Waals surface area (Å²) in [5.74, 6) is -0.234. The number of carbonyl (C=O) groups excluding carboxylic acids is 2. The highest BCUT2D eigenvalue weighted by atomic mass is 32.2. The molecule has 1 heterocycles. The van der Waals surface area contributed by atoms with Gasteiger partial charge in [-0.2, -0.15) is 0 Å². The highest BCUT2D eigenvalue weighted by Crippen LogP contribution is 2.28. The standard InChI is InChI=1S/C10H17N3O4S/c14-9(11-12-10(15)8-1-2-8)7-13-3-5-18(16,17)6-4-13/h8H,1-7H2,(H,11,14)(H,12,15). The largest absolute Gasteiger partial charge is 0.292 e. The van der Waals surface area contributed by atoms with Crippen molar-refractivity contribution in [3.63, 3.8) is 0 Å². The van der Waals surface area contributed by atoms with E-state index in [2.05, 4.69) is 10.9 Å². The lowest BCUT2D eigenvalue weighted by Gasteiger charge is -2.25. The molecule has 2 rings (SSSR count). The van der Waals surface area contributed by atoms with E-state index in [0.717, 1.165) is 12.8 Å². The first kappa shape index (κ1) is 13.3. The Labute approximate surface area is 106 Å². The molecule has 1 saturated heterocycles. The van der Waals surface area contributed by atoms with E-state index in [1.807, 2.05) is 0 Å². The van der Waals surface area contributed by atoms with Gasteiger partial charge in [-0.15, -0.1) is 0 Å². The summed E-state index contributed by atoms with van der Waals surface area (Å²) < 4.78 is 22.4. The van der Waals surface area contributed by atoms with Crippen molar-refractivity contribution >= 4 is 21.7 Å². The predicted molar refractivity (Wildman–Crippen MR) is 64.1 cm³/mol.